The van der Waals surface area contributed by atoms with Crippen molar-refractivity contribution in [2.24, 2.45) is 5.10 Å². The summed E-state index contributed by atoms with van der Waals surface area (Å²) in [7, 11) is 0. The fraction of sp³-hybridized carbons (Fsp3) is 0.400. The molecule has 2 aromatic rings. The molecule has 1 aliphatic rings. The van der Waals surface area contributed by atoms with Gasteiger partial charge in [-0.25, -0.2) is 4.98 Å². The molecule has 142 valence electrons. The highest BCUT2D eigenvalue weighted by atomic mass is 32.2. The highest BCUT2D eigenvalue weighted by Gasteiger charge is 2.30. The summed E-state index contributed by atoms with van der Waals surface area (Å²) >= 11 is 1.37. The predicted octanol–water partition coefficient (Wildman–Crippen LogP) is 4.44. The Balaban J connectivity index is 2.04. The lowest BCUT2D eigenvalue weighted by Crippen LogP contribution is -2.29. The zero-order chi connectivity index (χ0) is 19.8. The van der Waals surface area contributed by atoms with Crippen LogP contribution in [0.2, 0.25) is 0 Å². The van der Waals surface area contributed by atoms with Gasteiger partial charge in [-0.2, -0.15) is 10.1 Å². The molecule has 1 amide bonds. The Morgan fingerprint density at radius 1 is 1.04 bits per heavy atom. The third-order valence-corrected chi connectivity index (χ3v) is 5.48. The number of nitrogens with zero attached hydrogens (tertiary/aromatic N) is 4. The Morgan fingerprint density at radius 3 is 2.22 bits per heavy atom. The molecule has 0 saturated heterocycles. The summed E-state index contributed by atoms with van der Waals surface area (Å²) in [5, 5.41) is 7.16. The van der Waals surface area contributed by atoms with E-state index in [4.69, 9.17) is 0 Å². The first kappa shape index (κ1) is 19.4. The lowest BCUT2D eigenvalue weighted by atomic mass is 9.87. The maximum Gasteiger partial charge on any atom is 0.248 e. The summed E-state index contributed by atoms with van der Waals surface area (Å²) in [5.41, 5.74) is 2.19. The molecule has 1 aromatic carbocycles. The normalized spacial score (nSPS) is 14.0. The van der Waals surface area contributed by atoms with Crippen molar-refractivity contribution in [3.63, 3.8) is 0 Å². The first-order chi connectivity index (χ1) is 12.8. The number of benzene rings is 1. The highest BCUT2D eigenvalue weighted by molar-refractivity contribution is 8.14. The first-order valence-electron chi connectivity index (χ1n) is 9.07. The topological polar surface area (TPSA) is 67.6 Å². The van der Waals surface area contributed by atoms with Gasteiger partial charge in [0.2, 0.25) is 11.8 Å². The second-order valence-electron chi connectivity index (χ2n) is 7.38. The van der Waals surface area contributed by atoms with E-state index in [0.29, 0.717) is 28.7 Å². The van der Waals surface area contributed by atoms with Crippen molar-refractivity contribution in [2.75, 3.05) is 5.01 Å². The number of anilines is 1. The van der Waals surface area contributed by atoms with Crippen molar-refractivity contribution in [3.8, 4) is 0 Å². The van der Waals surface area contributed by atoms with Crippen LogP contribution in [0.4, 0.5) is 5.82 Å². The molecular weight excluding hydrogens is 360 g/mol. The Hall–Kier alpha value is -2.41. The lowest BCUT2D eigenvalue weighted by Gasteiger charge is -2.23. The molecule has 0 bridgehead atoms. The lowest BCUT2D eigenvalue weighted by molar-refractivity contribution is -0.118. The molecule has 0 fully saturated rings. The van der Waals surface area contributed by atoms with E-state index in [1.54, 1.807) is 13.8 Å². The summed E-state index contributed by atoms with van der Waals surface area (Å²) in [6, 6.07) is 8.17. The minimum absolute atomic E-state index is 0.0591. The predicted molar refractivity (Wildman–Crippen MR) is 108 cm³/mol. The van der Waals surface area contributed by atoms with Crippen LogP contribution in [0.5, 0.6) is 0 Å². The van der Waals surface area contributed by atoms with Gasteiger partial charge >= 0.3 is 0 Å². The molecular formula is C20H24N4O2S. The molecule has 0 spiro atoms. The van der Waals surface area contributed by atoms with Crippen LogP contribution in [0.3, 0.4) is 0 Å². The fourth-order valence-corrected chi connectivity index (χ4v) is 3.76. The number of rotatable bonds is 3. The maximum atomic E-state index is 12.4. The number of carbonyl (C=O) groups is 2. The number of aromatic nitrogens is 2. The van der Waals surface area contributed by atoms with Gasteiger partial charge in [0.1, 0.15) is 16.4 Å². The zero-order valence-corrected chi connectivity index (χ0v) is 17.1. The minimum atomic E-state index is -0.158. The van der Waals surface area contributed by atoms with Crippen molar-refractivity contribution in [2.45, 2.75) is 57.9 Å². The Labute approximate surface area is 163 Å². The molecule has 6 nitrogen and oxygen atoms in total. The molecule has 2 heterocycles. The van der Waals surface area contributed by atoms with Gasteiger partial charge in [-0.05, 0) is 22.7 Å². The van der Waals surface area contributed by atoms with Crippen molar-refractivity contribution < 1.29 is 9.59 Å². The molecule has 0 radical (unpaired) electrons. The largest absolute Gasteiger partial charge is 0.274 e. The minimum Gasteiger partial charge on any atom is -0.274 e. The van der Waals surface area contributed by atoms with E-state index in [1.165, 1.54) is 33.2 Å². The Bertz CT molecular complexity index is 907. The highest BCUT2D eigenvalue weighted by Crippen LogP contribution is 2.37. The van der Waals surface area contributed by atoms with E-state index < -0.39 is 0 Å². The molecule has 0 atom stereocenters. The molecule has 3 rings (SSSR count). The third kappa shape index (κ3) is 3.69. The van der Waals surface area contributed by atoms with E-state index in [9.17, 15) is 9.59 Å². The van der Waals surface area contributed by atoms with Crippen LogP contribution in [-0.4, -0.2) is 26.4 Å². The molecule has 27 heavy (non-hydrogen) atoms. The molecule has 7 heteroatoms. The molecule has 0 aliphatic carbocycles. The summed E-state index contributed by atoms with van der Waals surface area (Å²) in [6.45, 7) is 10.1. The number of imidazole rings is 1. The number of hydrogen-bond acceptors (Lipinski definition) is 5. The first-order valence-corrected chi connectivity index (χ1v) is 9.88. The van der Waals surface area contributed by atoms with Crippen LogP contribution >= 0.6 is 11.8 Å². The molecule has 1 aromatic heterocycles. The summed E-state index contributed by atoms with van der Waals surface area (Å²) in [4.78, 5) is 28.9. The van der Waals surface area contributed by atoms with Crippen LogP contribution in [0, 0.1) is 0 Å². The molecule has 1 aliphatic heterocycles. The summed E-state index contributed by atoms with van der Waals surface area (Å²) in [6.07, 6.45) is 2.14. The van der Waals surface area contributed by atoms with Gasteiger partial charge in [0.25, 0.3) is 0 Å². The van der Waals surface area contributed by atoms with Crippen molar-refractivity contribution in [1.82, 2.24) is 9.55 Å². The van der Waals surface area contributed by atoms with Crippen LogP contribution < -0.4 is 5.01 Å². The summed E-state index contributed by atoms with van der Waals surface area (Å²) in [5.74, 6) is 0.197. The standard InChI is InChI=1S/C20H24N4O2S/c1-6-15(25)23-12-21-17-19(23)27-18(22-24(17)16(26)7-2)13-8-10-14(11-9-13)20(3,4)5/h8-12H,6-7H2,1-5H3. The van der Waals surface area contributed by atoms with Crippen molar-refractivity contribution >= 4 is 34.4 Å². The summed E-state index contributed by atoms with van der Waals surface area (Å²) < 4.78 is 1.51. The maximum absolute atomic E-state index is 12.4. The molecule has 0 saturated carbocycles. The number of fused-ring (bicyclic) bond motifs is 1. The van der Waals surface area contributed by atoms with Gasteiger partial charge in [-0.15, -0.1) is 0 Å². The smallest absolute Gasteiger partial charge is 0.248 e. The SMILES string of the molecule is CCC(=O)N1N=C(c2ccc(C(C)(C)C)cc2)Sc2c1ncn2C(=O)CC. The number of hydrazone groups is 1. The quantitative estimate of drug-likeness (QED) is 0.784. The zero-order valence-electron chi connectivity index (χ0n) is 16.3. The average molecular weight is 385 g/mol. The molecule has 0 unspecified atom stereocenters. The number of thioether (sulfide) groups is 1. The van der Waals surface area contributed by atoms with E-state index in [1.807, 2.05) is 12.1 Å². The van der Waals surface area contributed by atoms with E-state index in [0.717, 1.165) is 5.56 Å². The second-order valence-corrected chi connectivity index (χ2v) is 8.36. The van der Waals surface area contributed by atoms with Crippen LogP contribution in [0.25, 0.3) is 0 Å². The third-order valence-electron chi connectivity index (χ3n) is 4.40. The van der Waals surface area contributed by atoms with Gasteiger partial charge in [0.05, 0.1) is 0 Å². The Kier molecular flexibility index (Phi) is 5.24. The Morgan fingerprint density at radius 2 is 1.67 bits per heavy atom. The molecule has 0 N–H and O–H groups in total. The van der Waals surface area contributed by atoms with E-state index in [-0.39, 0.29) is 17.2 Å². The van der Waals surface area contributed by atoms with Crippen molar-refractivity contribution in [3.05, 3.63) is 41.7 Å². The van der Waals surface area contributed by atoms with Gasteiger partial charge in [0.15, 0.2) is 5.82 Å². The van der Waals surface area contributed by atoms with Crippen molar-refractivity contribution in [1.29, 1.82) is 0 Å². The van der Waals surface area contributed by atoms with Crippen LogP contribution in [0.1, 0.15) is 63.4 Å². The van der Waals surface area contributed by atoms with Crippen LogP contribution in [-0.2, 0) is 10.2 Å². The second kappa shape index (κ2) is 7.31. The monoisotopic (exact) mass is 384 g/mol. The van der Waals surface area contributed by atoms with E-state index in [2.05, 4.69) is 43.0 Å². The number of hydrogen-bond donors (Lipinski definition) is 0. The fourth-order valence-electron chi connectivity index (χ4n) is 2.72. The van der Waals surface area contributed by atoms with Gasteiger partial charge in [-0.1, -0.05) is 58.9 Å². The van der Waals surface area contributed by atoms with E-state index >= 15 is 0 Å². The number of carbonyl (C=O) groups excluding carboxylic acids is 2. The average Bonchev–Trinajstić information content (AvgIpc) is 3.09. The number of amides is 1. The van der Waals surface area contributed by atoms with Gasteiger partial charge in [0, 0.05) is 18.4 Å². The van der Waals surface area contributed by atoms with Gasteiger partial charge in [-0.3, -0.25) is 14.2 Å². The van der Waals surface area contributed by atoms with Crippen LogP contribution in [0.15, 0.2) is 40.7 Å². The van der Waals surface area contributed by atoms with Gasteiger partial charge < -0.3 is 0 Å².